The van der Waals surface area contributed by atoms with Gasteiger partial charge in [-0.05, 0) is 37.6 Å². The smallest absolute Gasteiger partial charge is 0.344 e. The van der Waals surface area contributed by atoms with Gasteiger partial charge in [0.15, 0.2) is 6.10 Å². The number of carbonyl (C=O) groups is 1. The molecule has 3 aromatic rings. The van der Waals surface area contributed by atoms with Gasteiger partial charge in [0.25, 0.3) is 5.56 Å². The molecule has 12 heteroatoms. The van der Waals surface area contributed by atoms with Gasteiger partial charge in [-0.1, -0.05) is 41.4 Å². The molecular weight excluding hydrogens is 532 g/mol. The molecule has 0 unspecified atom stereocenters. The molecule has 1 N–H and O–H groups in total. The van der Waals surface area contributed by atoms with Crippen molar-refractivity contribution in [1.82, 2.24) is 9.66 Å². The number of nitrogens with zero attached hydrogens (tertiary/aromatic N) is 4. The molecule has 0 aliphatic carbocycles. The van der Waals surface area contributed by atoms with Gasteiger partial charge in [0.2, 0.25) is 5.75 Å². The number of carboxylic acid groups (broad SMARTS) is 1. The Morgan fingerprint density at radius 3 is 2.71 bits per heavy atom. The summed E-state index contributed by atoms with van der Waals surface area (Å²) in [6.07, 6.45) is 0.604. The van der Waals surface area contributed by atoms with Gasteiger partial charge in [0.1, 0.15) is 5.82 Å². The number of rotatable bonds is 8. The van der Waals surface area contributed by atoms with Crippen LogP contribution in [-0.2, 0) is 4.79 Å². The SMILES string of the molecule is CC[C@H](C)c1nc2ccc(Br)cc2c(=O)n1N=Cc1cc(Cl)c(O[C@H](C)C(=O)O)c([N+](=O)[O-])c1. The lowest BCUT2D eigenvalue weighted by atomic mass is 10.1. The van der Waals surface area contributed by atoms with Crippen molar-refractivity contribution >= 4 is 56.3 Å². The van der Waals surface area contributed by atoms with Gasteiger partial charge < -0.3 is 9.84 Å². The van der Waals surface area contributed by atoms with E-state index in [0.29, 0.717) is 27.6 Å². The summed E-state index contributed by atoms with van der Waals surface area (Å²) in [5, 5.41) is 25.1. The Hall–Kier alpha value is -3.31. The fourth-order valence-electron chi connectivity index (χ4n) is 3.06. The molecule has 0 amide bonds. The number of benzene rings is 2. The van der Waals surface area contributed by atoms with E-state index in [1.165, 1.54) is 23.9 Å². The van der Waals surface area contributed by atoms with E-state index in [1.54, 1.807) is 18.2 Å². The number of hydrogen-bond donors (Lipinski definition) is 1. The van der Waals surface area contributed by atoms with Crippen LogP contribution in [0.3, 0.4) is 0 Å². The summed E-state index contributed by atoms with van der Waals surface area (Å²) in [7, 11) is 0. The topological polar surface area (TPSA) is 137 Å². The first-order valence-electron chi connectivity index (χ1n) is 10.2. The lowest BCUT2D eigenvalue weighted by Crippen LogP contribution is -2.24. The fraction of sp³-hybridized carbons (Fsp3) is 0.273. The molecule has 0 saturated carbocycles. The zero-order chi connectivity index (χ0) is 25.2. The molecule has 10 nitrogen and oxygen atoms in total. The van der Waals surface area contributed by atoms with Gasteiger partial charge in [0.05, 0.1) is 27.1 Å². The minimum Gasteiger partial charge on any atom is -0.479 e. The molecule has 34 heavy (non-hydrogen) atoms. The van der Waals surface area contributed by atoms with E-state index in [1.807, 2.05) is 13.8 Å². The first kappa shape index (κ1) is 25.3. The number of ether oxygens (including phenoxy) is 1. The average molecular weight is 552 g/mol. The predicted octanol–water partition coefficient (Wildman–Crippen LogP) is 4.97. The first-order valence-corrected chi connectivity index (χ1v) is 11.3. The van der Waals surface area contributed by atoms with Crippen molar-refractivity contribution in [3.05, 3.63) is 71.7 Å². The van der Waals surface area contributed by atoms with Gasteiger partial charge in [-0.15, -0.1) is 0 Å². The number of carboxylic acids is 1. The molecule has 178 valence electrons. The second-order valence-electron chi connectivity index (χ2n) is 7.51. The zero-order valence-electron chi connectivity index (χ0n) is 18.4. The third-order valence-electron chi connectivity index (χ3n) is 5.09. The Labute approximate surface area is 207 Å². The molecule has 0 aliphatic rings. The highest BCUT2D eigenvalue weighted by Crippen LogP contribution is 2.36. The van der Waals surface area contributed by atoms with Crippen LogP contribution >= 0.6 is 27.5 Å². The highest BCUT2D eigenvalue weighted by atomic mass is 79.9. The van der Waals surface area contributed by atoms with E-state index in [0.717, 1.165) is 6.07 Å². The van der Waals surface area contributed by atoms with E-state index >= 15 is 0 Å². The lowest BCUT2D eigenvalue weighted by molar-refractivity contribution is -0.386. The van der Waals surface area contributed by atoms with E-state index < -0.39 is 28.2 Å². The molecule has 0 saturated heterocycles. The lowest BCUT2D eigenvalue weighted by Gasteiger charge is -2.14. The summed E-state index contributed by atoms with van der Waals surface area (Å²) in [4.78, 5) is 39.7. The van der Waals surface area contributed by atoms with Crippen LogP contribution in [0.1, 0.15) is 44.5 Å². The average Bonchev–Trinajstić information content (AvgIpc) is 2.79. The Balaban J connectivity index is 2.14. The van der Waals surface area contributed by atoms with Crippen molar-refractivity contribution < 1.29 is 19.6 Å². The maximum atomic E-state index is 13.2. The van der Waals surface area contributed by atoms with E-state index in [2.05, 4.69) is 26.0 Å². The van der Waals surface area contributed by atoms with Crippen LogP contribution in [0.5, 0.6) is 5.75 Å². The van der Waals surface area contributed by atoms with Crippen molar-refractivity contribution in [1.29, 1.82) is 0 Å². The number of aliphatic carboxylic acids is 1. The fourth-order valence-corrected chi connectivity index (χ4v) is 3.69. The second kappa shape index (κ2) is 10.3. The first-order chi connectivity index (χ1) is 16.0. The van der Waals surface area contributed by atoms with Crippen LogP contribution in [0.4, 0.5) is 5.69 Å². The molecule has 0 radical (unpaired) electrons. The highest BCUT2D eigenvalue weighted by molar-refractivity contribution is 9.10. The van der Waals surface area contributed by atoms with Gasteiger partial charge in [0, 0.05) is 22.0 Å². The normalized spacial score (nSPS) is 13.2. The van der Waals surface area contributed by atoms with Crippen LogP contribution < -0.4 is 10.3 Å². The molecule has 3 rings (SSSR count). The third-order valence-corrected chi connectivity index (χ3v) is 5.87. The number of aromatic nitrogens is 2. The Kier molecular flexibility index (Phi) is 7.68. The van der Waals surface area contributed by atoms with Crippen molar-refractivity contribution in [2.24, 2.45) is 5.10 Å². The summed E-state index contributed by atoms with van der Waals surface area (Å²) in [5.41, 5.74) is -0.183. The van der Waals surface area contributed by atoms with Crippen LogP contribution in [0.25, 0.3) is 10.9 Å². The van der Waals surface area contributed by atoms with Crippen molar-refractivity contribution in [3.8, 4) is 5.75 Å². The third kappa shape index (κ3) is 5.26. The summed E-state index contributed by atoms with van der Waals surface area (Å²) < 4.78 is 7.05. The molecule has 0 spiro atoms. The summed E-state index contributed by atoms with van der Waals surface area (Å²) in [6, 6.07) is 7.65. The van der Waals surface area contributed by atoms with Crippen LogP contribution in [0.2, 0.25) is 5.02 Å². The number of fused-ring (bicyclic) bond motifs is 1. The molecule has 0 fully saturated rings. The highest BCUT2D eigenvalue weighted by Gasteiger charge is 2.25. The molecule has 2 atom stereocenters. The van der Waals surface area contributed by atoms with E-state index in [4.69, 9.17) is 21.4 Å². The predicted molar refractivity (Wildman–Crippen MR) is 131 cm³/mol. The minimum absolute atomic E-state index is 0.0934. The van der Waals surface area contributed by atoms with Gasteiger partial charge in [-0.3, -0.25) is 14.9 Å². The van der Waals surface area contributed by atoms with Crippen molar-refractivity contribution in [3.63, 3.8) is 0 Å². The van der Waals surface area contributed by atoms with Gasteiger partial charge in [-0.2, -0.15) is 9.78 Å². The summed E-state index contributed by atoms with van der Waals surface area (Å²) >= 11 is 9.52. The van der Waals surface area contributed by atoms with Crippen LogP contribution in [0.15, 0.2) is 44.7 Å². The Bertz CT molecular complexity index is 1370. The van der Waals surface area contributed by atoms with Gasteiger partial charge in [-0.25, -0.2) is 9.78 Å². The largest absolute Gasteiger partial charge is 0.479 e. The standard InChI is InChI=1S/C22H20BrClN4O6/c1-4-11(2)20-26-17-6-5-14(23)9-15(17)21(29)27(20)25-10-13-7-16(24)19(18(8-13)28(32)33)34-12(3)22(30)31/h5-12H,4H2,1-3H3,(H,30,31)/t11-,12+/m0/s1. The maximum absolute atomic E-state index is 13.2. The molecule has 0 bridgehead atoms. The quantitative estimate of drug-likeness (QED) is 0.237. The molecule has 1 aromatic heterocycles. The van der Waals surface area contributed by atoms with E-state index in [9.17, 15) is 19.7 Å². The van der Waals surface area contributed by atoms with Gasteiger partial charge >= 0.3 is 11.7 Å². The number of halogens is 2. The molecule has 1 heterocycles. The van der Waals surface area contributed by atoms with Crippen LogP contribution in [-0.4, -0.2) is 38.0 Å². The number of nitro groups is 1. The summed E-state index contributed by atoms with van der Waals surface area (Å²) in [5.74, 6) is -1.32. The summed E-state index contributed by atoms with van der Waals surface area (Å²) in [6.45, 7) is 5.10. The minimum atomic E-state index is -1.35. The van der Waals surface area contributed by atoms with Crippen molar-refractivity contribution in [2.45, 2.75) is 39.2 Å². The zero-order valence-corrected chi connectivity index (χ0v) is 20.7. The monoisotopic (exact) mass is 550 g/mol. The Morgan fingerprint density at radius 2 is 2.09 bits per heavy atom. The van der Waals surface area contributed by atoms with E-state index in [-0.39, 0.29) is 22.3 Å². The Morgan fingerprint density at radius 1 is 1.38 bits per heavy atom. The molecule has 0 aliphatic heterocycles. The second-order valence-corrected chi connectivity index (χ2v) is 8.83. The van der Waals surface area contributed by atoms with Crippen LogP contribution in [0, 0.1) is 10.1 Å². The van der Waals surface area contributed by atoms with Crippen molar-refractivity contribution in [2.75, 3.05) is 0 Å². The number of hydrogen-bond acceptors (Lipinski definition) is 7. The number of nitro benzene ring substituents is 1. The molecule has 2 aromatic carbocycles. The maximum Gasteiger partial charge on any atom is 0.344 e. The molecular formula is C22H20BrClN4O6.